The lowest BCUT2D eigenvalue weighted by Gasteiger charge is -2.06. The molecule has 0 spiro atoms. The second-order valence-electron chi connectivity index (χ2n) is 4.71. The van der Waals surface area contributed by atoms with Gasteiger partial charge in [-0.05, 0) is 25.1 Å². The number of nitrogens with one attached hydrogen (secondary N) is 1. The Labute approximate surface area is 137 Å². The van der Waals surface area contributed by atoms with Gasteiger partial charge in [-0.2, -0.15) is 0 Å². The van der Waals surface area contributed by atoms with E-state index in [4.69, 9.17) is 4.74 Å². The van der Waals surface area contributed by atoms with Crippen molar-refractivity contribution in [3.05, 3.63) is 70.0 Å². The quantitative estimate of drug-likeness (QED) is 0.496. The minimum absolute atomic E-state index is 0.253. The van der Waals surface area contributed by atoms with Crippen molar-refractivity contribution in [2.75, 3.05) is 11.9 Å². The van der Waals surface area contributed by atoms with Gasteiger partial charge >= 0.3 is 0 Å². The summed E-state index contributed by atoms with van der Waals surface area (Å²) in [5.74, 6) is -0.747. The number of hydrogen-bond acceptors (Lipinski definition) is 4. The fourth-order valence-corrected chi connectivity index (χ4v) is 1.97. The molecule has 1 N–H and O–H groups in total. The number of amides is 1. The number of benzene rings is 2. The molecular weight excluding hydrogens is 315 g/mol. The monoisotopic (exact) mass is 330 g/mol. The third-order valence-corrected chi connectivity index (χ3v) is 3.05. The Hall–Kier alpha value is -3.22. The van der Waals surface area contributed by atoms with E-state index in [-0.39, 0.29) is 11.4 Å². The smallest absolute Gasteiger partial charge is 0.271 e. The van der Waals surface area contributed by atoms with E-state index in [2.05, 4.69) is 5.32 Å². The van der Waals surface area contributed by atoms with Crippen LogP contribution >= 0.6 is 0 Å². The number of non-ortho nitro benzene ring substituents is 1. The van der Waals surface area contributed by atoms with Crippen LogP contribution in [0.25, 0.3) is 6.08 Å². The Balaban J connectivity index is 2.14. The van der Waals surface area contributed by atoms with Gasteiger partial charge in [0, 0.05) is 23.8 Å². The van der Waals surface area contributed by atoms with Gasteiger partial charge in [0.15, 0.2) is 0 Å². The number of nitrogens with zero attached hydrogens (tertiary/aromatic N) is 1. The first-order valence-electron chi connectivity index (χ1n) is 7.16. The van der Waals surface area contributed by atoms with E-state index in [0.29, 0.717) is 17.9 Å². The lowest BCUT2D eigenvalue weighted by atomic mass is 10.2. The molecule has 0 aromatic heterocycles. The van der Waals surface area contributed by atoms with Gasteiger partial charge in [-0.3, -0.25) is 14.9 Å². The number of para-hydroxylation sites is 1. The summed E-state index contributed by atoms with van der Waals surface area (Å²) in [6, 6.07) is 10.1. The van der Waals surface area contributed by atoms with Crippen LogP contribution in [0.5, 0.6) is 5.75 Å². The predicted molar refractivity (Wildman–Crippen MR) is 88.3 cm³/mol. The van der Waals surface area contributed by atoms with Gasteiger partial charge in [-0.15, -0.1) is 0 Å². The maximum atomic E-state index is 13.6. The molecule has 2 aromatic rings. The standard InChI is InChI=1S/C17H15FN2O4/c1-2-24-16-6-4-3-5-12(16)7-10-17(21)19-15-11-13(20(22)23)8-9-14(15)18/h3-11H,2H2,1H3,(H,19,21). The molecule has 0 fully saturated rings. The van der Waals surface area contributed by atoms with Crippen LogP contribution in [0.3, 0.4) is 0 Å². The van der Waals surface area contributed by atoms with E-state index < -0.39 is 16.6 Å². The molecular formula is C17H15FN2O4. The summed E-state index contributed by atoms with van der Waals surface area (Å²) >= 11 is 0. The van der Waals surface area contributed by atoms with Crippen molar-refractivity contribution in [3.8, 4) is 5.75 Å². The summed E-state index contributed by atoms with van der Waals surface area (Å²) in [6.45, 7) is 2.33. The molecule has 0 aliphatic carbocycles. The van der Waals surface area contributed by atoms with E-state index >= 15 is 0 Å². The fraction of sp³-hybridized carbons (Fsp3) is 0.118. The Bertz CT molecular complexity index is 790. The number of ether oxygens (including phenoxy) is 1. The Morgan fingerprint density at radius 1 is 1.33 bits per heavy atom. The van der Waals surface area contributed by atoms with Crippen LogP contribution in [0.2, 0.25) is 0 Å². The van der Waals surface area contributed by atoms with E-state index in [9.17, 15) is 19.3 Å². The largest absolute Gasteiger partial charge is 0.493 e. The third kappa shape index (κ3) is 4.39. The van der Waals surface area contributed by atoms with Gasteiger partial charge in [0.05, 0.1) is 17.2 Å². The van der Waals surface area contributed by atoms with E-state index in [1.165, 1.54) is 12.2 Å². The molecule has 0 heterocycles. The second kappa shape index (κ2) is 7.87. The first-order chi connectivity index (χ1) is 11.5. The average Bonchev–Trinajstić information content (AvgIpc) is 2.56. The van der Waals surface area contributed by atoms with Gasteiger partial charge in [-0.1, -0.05) is 18.2 Å². The van der Waals surface area contributed by atoms with E-state index in [0.717, 1.165) is 18.2 Å². The highest BCUT2D eigenvalue weighted by molar-refractivity contribution is 6.02. The summed E-state index contributed by atoms with van der Waals surface area (Å²) in [5.41, 5.74) is 0.128. The summed E-state index contributed by atoms with van der Waals surface area (Å²) in [7, 11) is 0. The van der Waals surface area contributed by atoms with Crippen molar-refractivity contribution in [3.63, 3.8) is 0 Å². The number of hydrogen-bond donors (Lipinski definition) is 1. The van der Waals surface area contributed by atoms with Gasteiger partial charge in [0.1, 0.15) is 11.6 Å². The summed E-state index contributed by atoms with van der Waals surface area (Å²) in [6.07, 6.45) is 2.73. The highest BCUT2D eigenvalue weighted by atomic mass is 19.1. The molecule has 1 amide bonds. The number of rotatable bonds is 6. The maximum Gasteiger partial charge on any atom is 0.271 e. The number of halogens is 1. The molecule has 0 bridgehead atoms. The van der Waals surface area contributed by atoms with Crippen LogP contribution in [-0.4, -0.2) is 17.4 Å². The molecule has 7 heteroatoms. The molecule has 0 unspecified atom stereocenters. The maximum absolute atomic E-state index is 13.6. The molecule has 0 aliphatic heterocycles. The van der Waals surface area contributed by atoms with Crippen molar-refractivity contribution in [1.29, 1.82) is 0 Å². The SMILES string of the molecule is CCOc1ccccc1C=CC(=O)Nc1cc([N+](=O)[O-])ccc1F. The van der Waals surface area contributed by atoms with Crippen molar-refractivity contribution in [1.82, 2.24) is 0 Å². The topological polar surface area (TPSA) is 81.5 Å². The average molecular weight is 330 g/mol. The summed E-state index contributed by atoms with van der Waals surface area (Å²) in [5, 5.41) is 13.0. The normalized spacial score (nSPS) is 10.6. The first-order valence-corrected chi connectivity index (χ1v) is 7.16. The minimum atomic E-state index is -0.753. The molecule has 2 aromatic carbocycles. The van der Waals surface area contributed by atoms with Crippen LogP contribution in [0.15, 0.2) is 48.5 Å². The van der Waals surface area contributed by atoms with Crippen molar-refractivity contribution >= 4 is 23.4 Å². The lowest BCUT2D eigenvalue weighted by molar-refractivity contribution is -0.384. The summed E-state index contributed by atoms with van der Waals surface area (Å²) in [4.78, 5) is 22.0. The Kier molecular flexibility index (Phi) is 5.62. The van der Waals surface area contributed by atoms with Crippen molar-refractivity contribution < 1.29 is 18.8 Å². The number of carbonyl (C=O) groups excluding carboxylic acids is 1. The molecule has 2 rings (SSSR count). The van der Waals surface area contributed by atoms with Gasteiger partial charge in [-0.25, -0.2) is 4.39 Å². The summed E-state index contributed by atoms with van der Waals surface area (Å²) < 4.78 is 19.1. The van der Waals surface area contributed by atoms with Gasteiger partial charge < -0.3 is 10.1 Å². The molecule has 0 atom stereocenters. The van der Waals surface area contributed by atoms with Crippen molar-refractivity contribution in [2.45, 2.75) is 6.92 Å². The number of nitro benzene ring substituents is 1. The molecule has 0 aliphatic rings. The molecule has 0 saturated carbocycles. The van der Waals surface area contributed by atoms with Crippen LogP contribution in [0.1, 0.15) is 12.5 Å². The first kappa shape index (κ1) is 17.1. The highest BCUT2D eigenvalue weighted by Crippen LogP contribution is 2.22. The lowest BCUT2D eigenvalue weighted by Crippen LogP contribution is -2.09. The predicted octanol–water partition coefficient (Wildman–Crippen LogP) is 3.78. The number of nitro groups is 1. The minimum Gasteiger partial charge on any atom is -0.493 e. The molecule has 24 heavy (non-hydrogen) atoms. The van der Waals surface area contributed by atoms with E-state index in [1.54, 1.807) is 24.3 Å². The van der Waals surface area contributed by atoms with Crippen molar-refractivity contribution in [2.24, 2.45) is 0 Å². The zero-order valence-electron chi connectivity index (χ0n) is 12.9. The Morgan fingerprint density at radius 3 is 2.79 bits per heavy atom. The van der Waals surface area contributed by atoms with Crippen LogP contribution in [0.4, 0.5) is 15.8 Å². The third-order valence-electron chi connectivity index (χ3n) is 3.05. The van der Waals surface area contributed by atoms with E-state index in [1.807, 2.05) is 6.92 Å². The fourth-order valence-electron chi connectivity index (χ4n) is 1.97. The van der Waals surface area contributed by atoms with Gasteiger partial charge in [0.2, 0.25) is 5.91 Å². The zero-order chi connectivity index (χ0) is 17.5. The molecule has 6 nitrogen and oxygen atoms in total. The van der Waals surface area contributed by atoms with Gasteiger partial charge in [0.25, 0.3) is 5.69 Å². The van der Waals surface area contributed by atoms with Crippen LogP contribution in [-0.2, 0) is 4.79 Å². The second-order valence-corrected chi connectivity index (χ2v) is 4.71. The zero-order valence-corrected chi connectivity index (χ0v) is 12.9. The number of carbonyl (C=O) groups is 1. The Morgan fingerprint density at radius 2 is 2.08 bits per heavy atom. The highest BCUT2D eigenvalue weighted by Gasteiger charge is 2.12. The molecule has 0 radical (unpaired) electrons. The van der Waals surface area contributed by atoms with Crippen LogP contribution in [0, 0.1) is 15.9 Å². The number of anilines is 1. The molecule has 0 saturated heterocycles. The molecule has 124 valence electrons. The van der Waals surface area contributed by atoms with Crippen LogP contribution < -0.4 is 10.1 Å².